The number of aromatic amines is 1. The number of sulfonamides is 1. The molecule has 2 fully saturated rings. The summed E-state index contributed by atoms with van der Waals surface area (Å²) in [5, 5.41) is 0. The number of hydrogen-bond acceptors (Lipinski definition) is 4. The van der Waals surface area contributed by atoms with Crippen LogP contribution in [-0.4, -0.2) is 53.8 Å². The van der Waals surface area contributed by atoms with Gasteiger partial charge in [0, 0.05) is 50.5 Å². The highest BCUT2D eigenvalue weighted by atomic mass is 32.2. The van der Waals surface area contributed by atoms with Gasteiger partial charge >= 0.3 is 6.18 Å². The van der Waals surface area contributed by atoms with Crippen LogP contribution in [0.2, 0.25) is 0 Å². The van der Waals surface area contributed by atoms with Crippen molar-refractivity contribution in [1.29, 1.82) is 0 Å². The fourth-order valence-electron chi connectivity index (χ4n) is 4.09. The summed E-state index contributed by atoms with van der Waals surface area (Å²) in [4.78, 5) is 8.63. The van der Waals surface area contributed by atoms with Gasteiger partial charge in [-0.1, -0.05) is 0 Å². The third-order valence-electron chi connectivity index (χ3n) is 5.55. The predicted molar refractivity (Wildman–Crippen MR) is 96.0 cm³/mol. The van der Waals surface area contributed by atoms with E-state index >= 15 is 0 Å². The number of aryl methyl sites for hydroxylation is 2. The van der Waals surface area contributed by atoms with Crippen LogP contribution in [0.3, 0.4) is 0 Å². The highest BCUT2D eigenvalue weighted by Gasteiger charge is 2.55. The summed E-state index contributed by atoms with van der Waals surface area (Å²) in [6.45, 7) is 6.56. The Bertz CT molecular complexity index is 1000. The lowest BCUT2D eigenvalue weighted by Crippen LogP contribution is -2.72. The van der Waals surface area contributed by atoms with E-state index in [-0.39, 0.29) is 16.0 Å². The van der Waals surface area contributed by atoms with E-state index < -0.39 is 21.9 Å². The first kappa shape index (κ1) is 19.4. The van der Waals surface area contributed by atoms with Gasteiger partial charge in [-0.2, -0.15) is 17.5 Å². The molecule has 2 aliphatic heterocycles. The molecule has 152 valence electrons. The summed E-state index contributed by atoms with van der Waals surface area (Å²) < 4.78 is 65.2. The highest BCUT2D eigenvalue weighted by molar-refractivity contribution is 7.89. The van der Waals surface area contributed by atoms with Crippen LogP contribution in [0.4, 0.5) is 13.2 Å². The van der Waals surface area contributed by atoms with Crippen molar-refractivity contribution < 1.29 is 21.6 Å². The maximum atomic E-state index is 12.8. The summed E-state index contributed by atoms with van der Waals surface area (Å²) in [5.74, 6) is 0. The zero-order valence-corrected chi connectivity index (χ0v) is 16.4. The zero-order chi connectivity index (χ0) is 20.3. The van der Waals surface area contributed by atoms with Crippen molar-refractivity contribution in [1.82, 2.24) is 19.2 Å². The van der Waals surface area contributed by atoms with Crippen molar-refractivity contribution in [3.63, 3.8) is 0 Å². The Balaban J connectivity index is 1.40. The van der Waals surface area contributed by atoms with Crippen molar-refractivity contribution in [2.24, 2.45) is 5.41 Å². The lowest BCUT2D eigenvalue weighted by molar-refractivity contribution is -0.141. The number of rotatable bonds is 4. The minimum absolute atomic E-state index is 0.0511. The van der Waals surface area contributed by atoms with Gasteiger partial charge < -0.3 is 4.98 Å². The molecule has 2 saturated heterocycles. The molecule has 0 saturated carbocycles. The van der Waals surface area contributed by atoms with E-state index in [1.165, 1.54) is 22.4 Å². The first-order valence-corrected chi connectivity index (χ1v) is 10.3. The molecule has 4 rings (SSSR count). The van der Waals surface area contributed by atoms with Gasteiger partial charge in [0.05, 0.1) is 5.69 Å². The van der Waals surface area contributed by atoms with E-state index in [0.29, 0.717) is 13.1 Å². The Labute approximate surface area is 161 Å². The van der Waals surface area contributed by atoms with Crippen LogP contribution < -0.4 is 0 Å². The van der Waals surface area contributed by atoms with Crippen molar-refractivity contribution in [3.05, 3.63) is 47.0 Å². The first-order chi connectivity index (χ1) is 13.0. The first-order valence-electron chi connectivity index (χ1n) is 8.90. The number of alkyl halides is 3. The third kappa shape index (κ3) is 3.23. The van der Waals surface area contributed by atoms with Crippen molar-refractivity contribution in [3.8, 4) is 0 Å². The zero-order valence-electron chi connectivity index (χ0n) is 15.5. The lowest BCUT2D eigenvalue weighted by atomic mass is 9.74. The molecule has 0 radical (unpaired) electrons. The Morgan fingerprint density at radius 3 is 2.36 bits per heavy atom. The second-order valence-electron chi connectivity index (χ2n) is 7.86. The van der Waals surface area contributed by atoms with Gasteiger partial charge in [-0.3, -0.25) is 4.90 Å². The molecule has 0 aliphatic carbocycles. The van der Waals surface area contributed by atoms with E-state index in [1.807, 2.05) is 19.3 Å². The van der Waals surface area contributed by atoms with Crippen molar-refractivity contribution in [2.75, 3.05) is 26.2 Å². The molecule has 0 amide bonds. The fourth-order valence-corrected chi connectivity index (χ4v) is 5.91. The molecular formula is C18H21F3N4O2S. The van der Waals surface area contributed by atoms with Crippen molar-refractivity contribution >= 4 is 10.0 Å². The lowest BCUT2D eigenvalue weighted by Gasteiger charge is -2.59. The Kier molecular flexibility index (Phi) is 4.36. The summed E-state index contributed by atoms with van der Waals surface area (Å²) in [5.41, 5.74) is 1.16. The molecule has 2 aromatic rings. The topological polar surface area (TPSA) is 69.3 Å². The molecule has 0 atom stereocenters. The number of hydrogen-bond donors (Lipinski definition) is 1. The quantitative estimate of drug-likeness (QED) is 0.835. The van der Waals surface area contributed by atoms with Crippen LogP contribution in [0, 0.1) is 19.3 Å². The number of nitrogens with one attached hydrogen (secondary N) is 1. The predicted octanol–water partition coefficient (Wildman–Crippen LogP) is 2.55. The van der Waals surface area contributed by atoms with E-state index in [0.717, 1.165) is 31.8 Å². The molecule has 1 N–H and O–H groups in total. The second-order valence-corrected chi connectivity index (χ2v) is 9.77. The van der Waals surface area contributed by atoms with Crippen LogP contribution in [0.5, 0.6) is 0 Å². The number of pyridine rings is 1. The van der Waals surface area contributed by atoms with E-state index in [2.05, 4.69) is 14.9 Å². The molecule has 0 unspecified atom stereocenters. The molecule has 0 aromatic carbocycles. The third-order valence-corrected chi connectivity index (χ3v) is 7.47. The molecule has 1 spiro atoms. The normalized spacial score (nSPS) is 20.2. The fraction of sp³-hybridized carbons (Fsp3) is 0.500. The molecule has 6 nitrogen and oxygen atoms in total. The van der Waals surface area contributed by atoms with Gasteiger partial charge in [0.25, 0.3) is 0 Å². The second kappa shape index (κ2) is 6.30. The largest absolute Gasteiger partial charge is 0.433 e. The molecule has 4 heterocycles. The summed E-state index contributed by atoms with van der Waals surface area (Å²) >= 11 is 0. The standard InChI is InChI=1S/C18H21F3N4O2S/c1-12-5-22-6-14(12)7-24-8-17(9-24)10-25(11-17)28(26,27)15-3-4-16(18(19,20)21)23-13(15)2/h3-6,22H,7-11H2,1-2H3. The number of likely N-dealkylation sites (tertiary alicyclic amines) is 1. The molecule has 10 heteroatoms. The Hall–Kier alpha value is -1.91. The van der Waals surface area contributed by atoms with E-state index in [4.69, 9.17) is 0 Å². The van der Waals surface area contributed by atoms with E-state index in [1.54, 1.807) is 0 Å². The van der Waals surface area contributed by atoms with Gasteiger partial charge in [0.15, 0.2) is 0 Å². The highest BCUT2D eigenvalue weighted by Crippen LogP contribution is 2.43. The average Bonchev–Trinajstić information content (AvgIpc) is 2.91. The number of nitrogens with zero attached hydrogens (tertiary/aromatic N) is 3. The van der Waals surface area contributed by atoms with Gasteiger partial charge in [-0.15, -0.1) is 0 Å². The smallest absolute Gasteiger partial charge is 0.367 e. The van der Waals surface area contributed by atoms with Crippen LogP contribution >= 0.6 is 0 Å². The van der Waals surface area contributed by atoms with E-state index in [9.17, 15) is 21.6 Å². The maximum absolute atomic E-state index is 12.8. The van der Waals surface area contributed by atoms with Gasteiger partial charge in [-0.05, 0) is 37.1 Å². The minimum atomic E-state index is -4.60. The molecule has 2 aromatic heterocycles. The van der Waals surface area contributed by atoms with Gasteiger partial charge in [0.1, 0.15) is 10.6 Å². The Morgan fingerprint density at radius 2 is 1.82 bits per heavy atom. The van der Waals surface area contributed by atoms with Crippen molar-refractivity contribution in [2.45, 2.75) is 31.5 Å². The van der Waals surface area contributed by atoms with Crippen LogP contribution in [0.25, 0.3) is 0 Å². The van der Waals surface area contributed by atoms with Crippen LogP contribution in [-0.2, 0) is 22.7 Å². The maximum Gasteiger partial charge on any atom is 0.433 e. The summed E-state index contributed by atoms with van der Waals surface area (Å²) in [6.07, 6.45) is -0.678. The van der Waals surface area contributed by atoms with Crippen LogP contribution in [0.15, 0.2) is 29.4 Å². The molecule has 0 bridgehead atoms. The Morgan fingerprint density at radius 1 is 1.14 bits per heavy atom. The monoisotopic (exact) mass is 414 g/mol. The molecule has 2 aliphatic rings. The molecule has 28 heavy (non-hydrogen) atoms. The molecular weight excluding hydrogens is 393 g/mol. The summed E-state index contributed by atoms with van der Waals surface area (Å²) in [6, 6.07) is 1.73. The van der Waals surface area contributed by atoms with Crippen LogP contribution in [0.1, 0.15) is 22.5 Å². The number of aromatic nitrogens is 2. The average molecular weight is 414 g/mol. The summed E-state index contributed by atoms with van der Waals surface area (Å²) in [7, 11) is -3.84. The van der Waals surface area contributed by atoms with Gasteiger partial charge in [0.2, 0.25) is 10.0 Å². The minimum Gasteiger partial charge on any atom is -0.367 e. The SMILES string of the molecule is Cc1c[nH]cc1CN1CC2(C1)CN(S(=O)(=O)c1ccc(C(F)(F)F)nc1C)C2. The van der Waals surface area contributed by atoms with Gasteiger partial charge in [-0.25, -0.2) is 13.4 Å². The number of halogens is 3. The number of H-pyrrole nitrogens is 1.